The molecule has 1 rings (SSSR count). The first kappa shape index (κ1) is 9.72. The molecule has 1 unspecified atom stereocenters. The Bertz CT molecular complexity index is 143. The summed E-state index contributed by atoms with van der Waals surface area (Å²) in [4.78, 5) is 11.4. The topological polar surface area (TPSA) is 26.3 Å². The van der Waals surface area contributed by atoms with Gasteiger partial charge in [0.1, 0.15) is 6.10 Å². The van der Waals surface area contributed by atoms with Gasteiger partial charge in [0.15, 0.2) is 5.78 Å². The van der Waals surface area contributed by atoms with Crippen LogP contribution in [0.2, 0.25) is 0 Å². The molecule has 0 bridgehead atoms. The summed E-state index contributed by atoms with van der Waals surface area (Å²) >= 11 is 0. The van der Waals surface area contributed by atoms with Crippen LogP contribution in [-0.2, 0) is 9.53 Å². The van der Waals surface area contributed by atoms with E-state index in [1.54, 1.807) is 7.11 Å². The number of carbonyl (C=O) groups is 1. The molecular weight excluding hydrogens is 152 g/mol. The summed E-state index contributed by atoms with van der Waals surface area (Å²) in [7, 11) is 1.64. The van der Waals surface area contributed by atoms with Crippen LogP contribution in [0.15, 0.2) is 0 Å². The molecule has 1 saturated carbocycles. The Balaban J connectivity index is 2.41. The van der Waals surface area contributed by atoms with Crippen LogP contribution in [0, 0.1) is 0 Å². The summed E-state index contributed by atoms with van der Waals surface area (Å²) in [6.07, 6.45) is 7.48. The highest BCUT2D eigenvalue weighted by Crippen LogP contribution is 2.16. The molecule has 2 nitrogen and oxygen atoms in total. The molecule has 0 aliphatic heterocycles. The number of hydrogen-bond acceptors (Lipinski definition) is 2. The molecular formula is C10H18O2. The fraction of sp³-hybridized carbons (Fsp3) is 0.900. The second kappa shape index (κ2) is 5.31. The van der Waals surface area contributed by atoms with Gasteiger partial charge in [-0.05, 0) is 12.8 Å². The van der Waals surface area contributed by atoms with Crippen LogP contribution in [0.5, 0.6) is 0 Å². The lowest BCUT2D eigenvalue weighted by atomic mass is 10.1. The molecule has 2 heteroatoms. The minimum absolute atomic E-state index is 0.108. The summed E-state index contributed by atoms with van der Waals surface area (Å²) in [5, 5.41) is 0. The molecule has 0 heterocycles. The van der Waals surface area contributed by atoms with E-state index in [4.69, 9.17) is 4.74 Å². The van der Waals surface area contributed by atoms with E-state index in [1.165, 1.54) is 19.3 Å². The first-order valence-corrected chi connectivity index (χ1v) is 4.90. The first-order valence-electron chi connectivity index (χ1n) is 4.90. The fourth-order valence-corrected chi connectivity index (χ4v) is 1.73. The van der Waals surface area contributed by atoms with Crippen molar-refractivity contribution in [3.05, 3.63) is 0 Å². The molecule has 1 aliphatic carbocycles. The second-order valence-corrected chi connectivity index (χ2v) is 3.50. The highest BCUT2D eigenvalue weighted by molar-refractivity contribution is 5.82. The van der Waals surface area contributed by atoms with Gasteiger partial charge in [-0.1, -0.05) is 25.7 Å². The lowest BCUT2D eigenvalue weighted by molar-refractivity contribution is -0.129. The normalized spacial score (nSPS) is 27.4. The molecule has 0 aromatic rings. The maximum Gasteiger partial charge on any atom is 0.161 e. The van der Waals surface area contributed by atoms with Crippen molar-refractivity contribution in [2.75, 3.05) is 7.11 Å². The first-order chi connectivity index (χ1) is 5.84. The van der Waals surface area contributed by atoms with Crippen molar-refractivity contribution >= 4 is 5.78 Å². The Morgan fingerprint density at radius 2 is 1.83 bits per heavy atom. The second-order valence-electron chi connectivity index (χ2n) is 3.50. The number of Topliss-reactive ketones (excluding diaryl/α,β-unsaturated/α-hetero) is 1. The summed E-state index contributed by atoms with van der Waals surface area (Å²) in [6, 6.07) is 0. The van der Waals surface area contributed by atoms with Crippen LogP contribution < -0.4 is 0 Å². The predicted molar refractivity (Wildman–Crippen MR) is 48.1 cm³/mol. The lowest BCUT2D eigenvalue weighted by Crippen LogP contribution is -2.22. The van der Waals surface area contributed by atoms with Crippen molar-refractivity contribution in [2.45, 2.75) is 51.0 Å². The zero-order chi connectivity index (χ0) is 8.81. The molecule has 0 amide bonds. The van der Waals surface area contributed by atoms with Gasteiger partial charge in [0.05, 0.1) is 0 Å². The van der Waals surface area contributed by atoms with E-state index in [9.17, 15) is 4.79 Å². The molecule has 0 radical (unpaired) electrons. The molecule has 70 valence electrons. The van der Waals surface area contributed by atoms with Crippen molar-refractivity contribution in [1.29, 1.82) is 0 Å². The van der Waals surface area contributed by atoms with E-state index in [0.717, 1.165) is 25.7 Å². The Morgan fingerprint density at radius 3 is 2.58 bits per heavy atom. The number of carbonyl (C=O) groups excluding carboxylic acids is 1. The van der Waals surface area contributed by atoms with Crippen molar-refractivity contribution in [3.8, 4) is 0 Å². The van der Waals surface area contributed by atoms with E-state index >= 15 is 0 Å². The van der Waals surface area contributed by atoms with Crippen molar-refractivity contribution in [1.82, 2.24) is 0 Å². The van der Waals surface area contributed by atoms with Gasteiger partial charge >= 0.3 is 0 Å². The Morgan fingerprint density at radius 1 is 1.17 bits per heavy atom. The fourth-order valence-electron chi connectivity index (χ4n) is 1.73. The zero-order valence-electron chi connectivity index (χ0n) is 7.84. The van der Waals surface area contributed by atoms with Crippen LogP contribution in [0.3, 0.4) is 0 Å². The smallest absolute Gasteiger partial charge is 0.161 e. The summed E-state index contributed by atoms with van der Waals surface area (Å²) in [5.74, 6) is 0.305. The van der Waals surface area contributed by atoms with Gasteiger partial charge in [-0.3, -0.25) is 4.79 Å². The maximum absolute atomic E-state index is 11.4. The molecule has 0 saturated heterocycles. The summed E-state index contributed by atoms with van der Waals surface area (Å²) in [5.41, 5.74) is 0. The van der Waals surface area contributed by atoms with Crippen molar-refractivity contribution in [2.24, 2.45) is 0 Å². The van der Waals surface area contributed by atoms with Gasteiger partial charge in [0.2, 0.25) is 0 Å². The van der Waals surface area contributed by atoms with E-state index in [1.807, 2.05) is 0 Å². The molecule has 1 aliphatic rings. The standard InChI is InChI=1S/C10H18O2/c1-12-10-8-6-4-2-3-5-7-9(10)11/h10H,2-8H2,1H3. The van der Waals surface area contributed by atoms with Crippen LogP contribution in [0.25, 0.3) is 0 Å². The largest absolute Gasteiger partial charge is 0.374 e. The van der Waals surface area contributed by atoms with Gasteiger partial charge in [-0.2, -0.15) is 0 Å². The molecule has 12 heavy (non-hydrogen) atoms. The van der Waals surface area contributed by atoms with Gasteiger partial charge < -0.3 is 4.74 Å². The van der Waals surface area contributed by atoms with Crippen molar-refractivity contribution in [3.63, 3.8) is 0 Å². The third-order valence-corrected chi connectivity index (χ3v) is 2.53. The van der Waals surface area contributed by atoms with E-state index < -0.39 is 0 Å². The summed E-state index contributed by atoms with van der Waals surface area (Å²) < 4.78 is 5.14. The van der Waals surface area contributed by atoms with E-state index in [-0.39, 0.29) is 6.10 Å². The maximum atomic E-state index is 11.4. The number of methoxy groups -OCH3 is 1. The molecule has 0 spiro atoms. The van der Waals surface area contributed by atoms with Crippen LogP contribution >= 0.6 is 0 Å². The minimum Gasteiger partial charge on any atom is -0.374 e. The predicted octanol–water partition coefficient (Wildman–Crippen LogP) is 2.31. The highest BCUT2D eigenvalue weighted by Gasteiger charge is 2.17. The minimum atomic E-state index is -0.108. The third kappa shape index (κ3) is 2.94. The van der Waals surface area contributed by atoms with Gasteiger partial charge in [0.25, 0.3) is 0 Å². The third-order valence-electron chi connectivity index (χ3n) is 2.53. The van der Waals surface area contributed by atoms with Crippen LogP contribution in [-0.4, -0.2) is 19.0 Å². The van der Waals surface area contributed by atoms with Gasteiger partial charge in [-0.15, -0.1) is 0 Å². The van der Waals surface area contributed by atoms with Crippen molar-refractivity contribution < 1.29 is 9.53 Å². The molecule has 1 fully saturated rings. The van der Waals surface area contributed by atoms with Gasteiger partial charge in [-0.25, -0.2) is 0 Å². The number of ketones is 1. The number of hydrogen-bond donors (Lipinski definition) is 0. The number of rotatable bonds is 1. The molecule has 1 atom stereocenters. The summed E-state index contributed by atoms with van der Waals surface area (Å²) in [6.45, 7) is 0. The monoisotopic (exact) mass is 170 g/mol. The SMILES string of the molecule is COC1CCCCCCCC1=O. The lowest BCUT2D eigenvalue weighted by Gasteiger charge is -2.11. The average molecular weight is 170 g/mol. The Kier molecular flexibility index (Phi) is 4.30. The van der Waals surface area contributed by atoms with Crippen LogP contribution in [0.4, 0.5) is 0 Å². The van der Waals surface area contributed by atoms with E-state index in [2.05, 4.69) is 0 Å². The Labute approximate surface area is 74.3 Å². The molecule has 0 aromatic carbocycles. The average Bonchev–Trinajstić information content (AvgIpc) is 2.17. The van der Waals surface area contributed by atoms with Crippen LogP contribution in [0.1, 0.15) is 44.9 Å². The zero-order valence-corrected chi connectivity index (χ0v) is 7.84. The molecule has 0 aromatic heterocycles. The van der Waals surface area contributed by atoms with E-state index in [0.29, 0.717) is 5.78 Å². The quantitative estimate of drug-likeness (QED) is 0.603. The highest BCUT2D eigenvalue weighted by atomic mass is 16.5. The number of ether oxygens (including phenoxy) is 1. The molecule has 0 N–H and O–H groups in total. The Hall–Kier alpha value is -0.370. The van der Waals surface area contributed by atoms with Gasteiger partial charge in [0, 0.05) is 13.5 Å².